The van der Waals surface area contributed by atoms with Crippen LogP contribution in [0.2, 0.25) is 0 Å². The fraction of sp³-hybridized carbons (Fsp3) is 0.400. The number of carbonyl (C=O) groups excluding carboxylic acids is 2. The third-order valence-corrected chi connectivity index (χ3v) is 4.44. The van der Waals surface area contributed by atoms with Gasteiger partial charge in [0, 0.05) is 62.1 Å². The van der Waals surface area contributed by atoms with Crippen LogP contribution in [0.3, 0.4) is 0 Å². The molecule has 0 aliphatic heterocycles. The monoisotopic (exact) mass is 382 g/mol. The van der Waals surface area contributed by atoms with E-state index in [9.17, 15) is 9.59 Å². The summed E-state index contributed by atoms with van der Waals surface area (Å²) in [5, 5.41) is 7.74. The lowest BCUT2D eigenvalue weighted by atomic mass is 9.93. The normalized spacial score (nSPS) is 11.7. The number of hydrogen-bond acceptors (Lipinski definition) is 4. The van der Waals surface area contributed by atoms with Gasteiger partial charge in [-0.25, -0.2) is 4.98 Å². The Morgan fingerprint density at radius 2 is 1.46 bits per heavy atom. The number of H-pyrrole nitrogens is 1. The van der Waals surface area contributed by atoms with Crippen molar-refractivity contribution in [1.29, 1.82) is 0 Å². The van der Waals surface area contributed by atoms with Gasteiger partial charge >= 0.3 is 0 Å². The van der Waals surface area contributed by atoms with E-state index in [1.165, 1.54) is 9.80 Å². The number of aromatic nitrogens is 4. The predicted molar refractivity (Wildman–Crippen MR) is 108 cm³/mol. The van der Waals surface area contributed by atoms with Crippen molar-refractivity contribution in [2.24, 2.45) is 0 Å². The number of amides is 2. The number of rotatable bonds is 3. The van der Waals surface area contributed by atoms with Crippen molar-refractivity contribution in [3.63, 3.8) is 0 Å². The van der Waals surface area contributed by atoms with Crippen molar-refractivity contribution in [3.05, 3.63) is 41.1 Å². The zero-order valence-corrected chi connectivity index (χ0v) is 17.4. The Balaban J connectivity index is 2.11. The minimum Gasteiger partial charge on any atom is -0.345 e. The molecule has 0 atom stereocenters. The standard InChI is InChI=1S/C20H26N6O2/c1-20(2,3)15-11-16-21-17(23-26(16)22-15)12-8-13(18(27)24(4)5)10-14(9-12)19(28)25(6)7/h8-11,22H,1-7H3. The predicted octanol–water partition coefficient (Wildman–Crippen LogP) is 2.43. The third kappa shape index (κ3) is 3.62. The molecule has 28 heavy (non-hydrogen) atoms. The first-order valence-corrected chi connectivity index (χ1v) is 9.02. The van der Waals surface area contributed by atoms with Crippen molar-refractivity contribution in [3.8, 4) is 11.4 Å². The molecule has 0 saturated carbocycles. The van der Waals surface area contributed by atoms with E-state index < -0.39 is 0 Å². The molecule has 1 aromatic carbocycles. The van der Waals surface area contributed by atoms with Crippen LogP contribution in [0.1, 0.15) is 47.2 Å². The lowest BCUT2D eigenvalue weighted by molar-refractivity contribution is 0.0826. The number of nitrogens with zero attached hydrogens (tertiary/aromatic N) is 5. The van der Waals surface area contributed by atoms with Crippen molar-refractivity contribution in [1.82, 2.24) is 29.6 Å². The Morgan fingerprint density at radius 1 is 0.929 bits per heavy atom. The average molecular weight is 382 g/mol. The first kappa shape index (κ1) is 19.6. The average Bonchev–Trinajstić information content (AvgIpc) is 3.18. The second-order valence-corrected chi connectivity index (χ2v) is 8.32. The lowest BCUT2D eigenvalue weighted by Gasteiger charge is -2.15. The fourth-order valence-electron chi connectivity index (χ4n) is 2.80. The van der Waals surface area contributed by atoms with Crippen molar-refractivity contribution >= 4 is 17.5 Å². The molecular weight excluding hydrogens is 356 g/mol. The van der Waals surface area contributed by atoms with Gasteiger partial charge in [0.1, 0.15) is 0 Å². The molecule has 2 heterocycles. The number of fused-ring (bicyclic) bond motifs is 1. The number of carbonyl (C=O) groups is 2. The molecule has 0 saturated heterocycles. The zero-order valence-electron chi connectivity index (χ0n) is 17.4. The van der Waals surface area contributed by atoms with Gasteiger partial charge in [0.2, 0.25) is 0 Å². The molecule has 3 aromatic rings. The molecule has 0 aliphatic rings. The summed E-state index contributed by atoms with van der Waals surface area (Å²) in [6.45, 7) is 6.32. The maximum Gasteiger partial charge on any atom is 0.253 e. The Labute approximate surface area is 164 Å². The molecule has 0 unspecified atom stereocenters. The second-order valence-electron chi connectivity index (χ2n) is 8.32. The highest BCUT2D eigenvalue weighted by Gasteiger charge is 2.21. The Bertz CT molecular complexity index is 983. The topological polar surface area (TPSA) is 86.6 Å². The molecule has 3 rings (SSSR count). The van der Waals surface area contributed by atoms with Crippen LogP contribution in [-0.4, -0.2) is 69.6 Å². The highest BCUT2D eigenvalue weighted by Crippen LogP contribution is 2.25. The first-order valence-electron chi connectivity index (χ1n) is 9.02. The molecule has 8 heteroatoms. The summed E-state index contributed by atoms with van der Waals surface area (Å²) in [7, 11) is 6.70. The molecule has 8 nitrogen and oxygen atoms in total. The summed E-state index contributed by atoms with van der Waals surface area (Å²) in [4.78, 5) is 32.5. The van der Waals surface area contributed by atoms with Crippen LogP contribution >= 0.6 is 0 Å². The summed E-state index contributed by atoms with van der Waals surface area (Å²) >= 11 is 0. The molecule has 1 N–H and O–H groups in total. The number of benzene rings is 1. The highest BCUT2D eigenvalue weighted by molar-refractivity contribution is 6.01. The van der Waals surface area contributed by atoms with E-state index in [1.54, 1.807) is 51.0 Å². The van der Waals surface area contributed by atoms with Gasteiger partial charge in [-0.3, -0.25) is 14.7 Å². The molecule has 0 spiro atoms. The molecule has 2 aromatic heterocycles. The van der Waals surface area contributed by atoms with Crippen molar-refractivity contribution in [2.75, 3.05) is 28.2 Å². The van der Waals surface area contributed by atoms with Gasteiger partial charge in [0.15, 0.2) is 11.5 Å². The Kier molecular flexibility index (Phi) is 4.74. The molecule has 0 bridgehead atoms. The van der Waals surface area contributed by atoms with Gasteiger partial charge in [-0.2, -0.15) is 4.63 Å². The number of hydrogen-bond donors (Lipinski definition) is 1. The minimum absolute atomic E-state index is 0.0497. The van der Waals surface area contributed by atoms with Gasteiger partial charge in [0.05, 0.1) is 0 Å². The maximum atomic E-state index is 12.5. The molecule has 148 valence electrons. The smallest absolute Gasteiger partial charge is 0.253 e. The fourth-order valence-corrected chi connectivity index (χ4v) is 2.80. The van der Waals surface area contributed by atoms with Gasteiger partial charge in [0.25, 0.3) is 11.8 Å². The summed E-state index contributed by atoms with van der Waals surface area (Å²) < 4.78 is 1.61. The van der Waals surface area contributed by atoms with Crippen LogP contribution in [0.25, 0.3) is 17.0 Å². The van der Waals surface area contributed by atoms with E-state index >= 15 is 0 Å². The van der Waals surface area contributed by atoms with E-state index in [0.717, 1.165) is 5.69 Å². The van der Waals surface area contributed by atoms with E-state index in [0.29, 0.717) is 28.2 Å². The van der Waals surface area contributed by atoms with E-state index in [4.69, 9.17) is 0 Å². The SMILES string of the molecule is CN(C)C(=O)c1cc(C(=O)N(C)C)cc(-c2nc3cc(C(C)(C)C)[nH]n3n2)c1. The first-order chi connectivity index (χ1) is 13.0. The maximum absolute atomic E-state index is 12.5. The Morgan fingerprint density at radius 3 is 1.89 bits per heavy atom. The summed E-state index contributed by atoms with van der Waals surface area (Å²) in [5.41, 5.74) is 3.11. The molecule has 2 amide bonds. The largest absolute Gasteiger partial charge is 0.345 e. The van der Waals surface area contributed by atoms with E-state index in [2.05, 4.69) is 36.0 Å². The van der Waals surface area contributed by atoms with Crippen LogP contribution in [0.5, 0.6) is 0 Å². The van der Waals surface area contributed by atoms with E-state index in [-0.39, 0.29) is 17.2 Å². The number of aromatic amines is 1. The summed E-state index contributed by atoms with van der Waals surface area (Å²) in [6.07, 6.45) is 0. The zero-order chi connectivity index (χ0) is 20.8. The minimum atomic E-state index is -0.186. The van der Waals surface area contributed by atoms with Crippen molar-refractivity contribution in [2.45, 2.75) is 26.2 Å². The van der Waals surface area contributed by atoms with Crippen LogP contribution in [0, 0.1) is 0 Å². The van der Waals surface area contributed by atoms with Crippen LogP contribution in [0.15, 0.2) is 24.3 Å². The second kappa shape index (κ2) is 6.78. The molecule has 0 radical (unpaired) electrons. The summed E-state index contributed by atoms with van der Waals surface area (Å²) in [6, 6.07) is 6.99. The van der Waals surface area contributed by atoms with Crippen LogP contribution < -0.4 is 0 Å². The van der Waals surface area contributed by atoms with Gasteiger partial charge in [-0.1, -0.05) is 20.8 Å². The van der Waals surface area contributed by atoms with Gasteiger partial charge in [-0.05, 0) is 18.2 Å². The quantitative estimate of drug-likeness (QED) is 0.754. The molecular formula is C20H26N6O2. The Hall–Kier alpha value is -3.16. The number of nitrogens with one attached hydrogen (secondary N) is 1. The third-order valence-electron chi connectivity index (χ3n) is 4.44. The van der Waals surface area contributed by atoms with Crippen molar-refractivity contribution < 1.29 is 9.59 Å². The molecule has 0 fully saturated rings. The van der Waals surface area contributed by atoms with E-state index in [1.807, 2.05) is 6.07 Å². The molecule has 0 aliphatic carbocycles. The van der Waals surface area contributed by atoms with Crippen LogP contribution in [-0.2, 0) is 5.41 Å². The van der Waals surface area contributed by atoms with Gasteiger partial charge < -0.3 is 9.80 Å². The highest BCUT2D eigenvalue weighted by atomic mass is 16.2. The van der Waals surface area contributed by atoms with Crippen LogP contribution in [0.4, 0.5) is 0 Å². The lowest BCUT2D eigenvalue weighted by Crippen LogP contribution is -2.24. The summed E-state index contributed by atoms with van der Waals surface area (Å²) in [5.74, 6) is 0.0804. The van der Waals surface area contributed by atoms with Gasteiger partial charge in [-0.15, -0.1) is 5.10 Å².